The van der Waals surface area contributed by atoms with Crippen molar-refractivity contribution in [2.24, 2.45) is 5.92 Å². The van der Waals surface area contributed by atoms with Crippen molar-refractivity contribution in [1.29, 1.82) is 0 Å². The van der Waals surface area contributed by atoms with Crippen LogP contribution < -0.4 is 5.32 Å². The SMILES string of the molecule is CCCNC(C)C(c1ncnc2c1CCC2)C(C)C. The lowest BCUT2D eigenvalue weighted by Gasteiger charge is -2.29. The number of aryl methyl sites for hydroxylation is 1. The quantitative estimate of drug-likeness (QED) is 0.855. The maximum atomic E-state index is 4.65. The topological polar surface area (TPSA) is 37.8 Å². The number of nitrogens with one attached hydrogen (secondary N) is 1. The van der Waals surface area contributed by atoms with E-state index < -0.39 is 0 Å². The van der Waals surface area contributed by atoms with E-state index in [-0.39, 0.29) is 0 Å². The maximum Gasteiger partial charge on any atom is 0.115 e. The van der Waals surface area contributed by atoms with E-state index in [1.165, 1.54) is 29.8 Å². The highest BCUT2D eigenvalue weighted by Crippen LogP contribution is 2.33. The Morgan fingerprint density at radius 1 is 1.21 bits per heavy atom. The standard InChI is InChI=1S/C16H27N3/c1-5-9-17-12(4)15(11(2)3)16-13-7-6-8-14(13)18-10-19-16/h10-12,15,17H,5-9H2,1-4H3. The largest absolute Gasteiger partial charge is 0.314 e. The normalized spacial score (nSPS) is 17.5. The smallest absolute Gasteiger partial charge is 0.115 e. The van der Waals surface area contributed by atoms with Crippen molar-refractivity contribution in [3.63, 3.8) is 0 Å². The van der Waals surface area contributed by atoms with Gasteiger partial charge < -0.3 is 5.32 Å². The van der Waals surface area contributed by atoms with Gasteiger partial charge in [-0.2, -0.15) is 0 Å². The highest BCUT2D eigenvalue weighted by Gasteiger charge is 2.28. The van der Waals surface area contributed by atoms with Gasteiger partial charge in [0.25, 0.3) is 0 Å². The molecular weight excluding hydrogens is 234 g/mol. The molecule has 106 valence electrons. The monoisotopic (exact) mass is 261 g/mol. The van der Waals surface area contributed by atoms with Crippen LogP contribution in [0.5, 0.6) is 0 Å². The third kappa shape index (κ3) is 3.14. The molecule has 2 atom stereocenters. The summed E-state index contributed by atoms with van der Waals surface area (Å²) in [6.45, 7) is 10.2. The van der Waals surface area contributed by atoms with E-state index in [0.29, 0.717) is 17.9 Å². The van der Waals surface area contributed by atoms with Crippen molar-refractivity contribution >= 4 is 0 Å². The van der Waals surface area contributed by atoms with E-state index in [4.69, 9.17) is 0 Å². The molecule has 2 unspecified atom stereocenters. The minimum absolute atomic E-state index is 0.472. The van der Waals surface area contributed by atoms with Crippen molar-refractivity contribution in [2.45, 2.75) is 65.3 Å². The van der Waals surface area contributed by atoms with Gasteiger partial charge in [0, 0.05) is 17.7 Å². The zero-order valence-corrected chi connectivity index (χ0v) is 12.7. The zero-order valence-electron chi connectivity index (χ0n) is 12.7. The van der Waals surface area contributed by atoms with Gasteiger partial charge in [-0.1, -0.05) is 20.8 Å². The summed E-state index contributed by atoms with van der Waals surface area (Å²) in [7, 11) is 0. The Balaban J connectivity index is 2.27. The van der Waals surface area contributed by atoms with Gasteiger partial charge in [-0.15, -0.1) is 0 Å². The molecule has 0 spiro atoms. The van der Waals surface area contributed by atoms with Gasteiger partial charge in [-0.05, 0) is 50.6 Å². The number of hydrogen-bond donors (Lipinski definition) is 1. The molecule has 0 amide bonds. The first kappa shape index (κ1) is 14.4. The fourth-order valence-corrected chi connectivity index (χ4v) is 3.30. The average molecular weight is 261 g/mol. The Bertz CT molecular complexity index is 414. The van der Waals surface area contributed by atoms with Gasteiger partial charge in [-0.25, -0.2) is 9.97 Å². The molecule has 3 heteroatoms. The highest BCUT2D eigenvalue weighted by molar-refractivity contribution is 5.32. The van der Waals surface area contributed by atoms with Gasteiger partial charge in [0.15, 0.2) is 0 Å². The van der Waals surface area contributed by atoms with Gasteiger partial charge in [0.1, 0.15) is 6.33 Å². The number of rotatable bonds is 6. The van der Waals surface area contributed by atoms with Crippen LogP contribution in [0.1, 0.15) is 63.4 Å². The lowest BCUT2D eigenvalue weighted by molar-refractivity contribution is 0.369. The Labute approximate surface area is 117 Å². The highest BCUT2D eigenvalue weighted by atomic mass is 14.9. The van der Waals surface area contributed by atoms with E-state index in [1.807, 2.05) is 0 Å². The first-order chi connectivity index (χ1) is 9.15. The van der Waals surface area contributed by atoms with Crippen LogP contribution in [0, 0.1) is 5.92 Å². The van der Waals surface area contributed by atoms with Crippen LogP contribution in [0.2, 0.25) is 0 Å². The van der Waals surface area contributed by atoms with Gasteiger partial charge in [-0.3, -0.25) is 0 Å². The average Bonchev–Trinajstić information content (AvgIpc) is 2.85. The molecule has 1 aromatic heterocycles. The molecule has 19 heavy (non-hydrogen) atoms. The Morgan fingerprint density at radius 2 is 2.00 bits per heavy atom. The van der Waals surface area contributed by atoms with Crippen LogP contribution in [0.15, 0.2) is 6.33 Å². The fourth-order valence-electron chi connectivity index (χ4n) is 3.30. The molecule has 1 aliphatic carbocycles. The lowest BCUT2D eigenvalue weighted by Crippen LogP contribution is -2.36. The molecule has 1 N–H and O–H groups in total. The molecule has 0 saturated heterocycles. The summed E-state index contributed by atoms with van der Waals surface area (Å²) in [6, 6.07) is 0.472. The number of nitrogens with zero attached hydrogens (tertiary/aromatic N) is 2. The van der Waals surface area contributed by atoms with Crippen LogP contribution >= 0.6 is 0 Å². The first-order valence-electron chi connectivity index (χ1n) is 7.71. The Hall–Kier alpha value is -0.960. The summed E-state index contributed by atoms with van der Waals surface area (Å²) in [5.74, 6) is 1.08. The third-order valence-electron chi connectivity index (χ3n) is 4.20. The molecule has 0 bridgehead atoms. The van der Waals surface area contributed by atoms with Crippen molar-refractivity contribution in [3.8, 4) is 0 Å². The lowest BCUT2D eigenvalue weighted by atomic mass is 9.84. The molecule has 2 rings (SSSR count). The molecule has 1 aliphatic rings. The molecular formula is C16H27N3. The van der Waals surface area contributed by atoms with E-state index >= 15 is 0 Å². The second-order valence-electron chi connectivity index (χ2n) is 6.05. The van der Waals surface area contributed by atoms with Crippen LogP contribution in [0.25, 0.3) is 0 Å². The Kier molecular flexibility index (Phi) is 4.92. The summed E-state index contributed by atoms with van der Waals surface area (Å²) in [6.07, 6.45) is 6.47. The zero-order chi connectivity index (χ0) is 13.8. The molecule has 0 saturated carbocycles. The summed E-state index contributed by atoms with van der Waals surface area (Å²) >= 11 is 0. The van der Waals surface area contributed by atoms with Crippen LogP contribution in [0.3, 0.4) is 0 Å². The molecule has 3 nitrogen and oxygen atoms in total. The molecule has 1 heterocycles. The third-order valence-corrected chi connectivity index (χ3v) is 4.20. The van der Waals surface area contributed by atoms with Gasteiger partial charge >= 0.3 is 0 Å². The van der Waals surface area contributed by atoms with E-state index in [1.54, 1.807) is 6.33 Å². The van der Waals surface area contributed by atoms with Crippen molar-refractivity contribution in [1.82, 2.24) is 15.3 Å². The van der Waals surface area contributed by atoms with Crippen LogP contribution in [0.4, 0.5) is 0 Å². The second kappa shape index (κ2) is 6.47. The summed E-state index contributed by atoms with van der Waals surface area (Å²) in [4.78, 5) is 9.10. The molecule has 1 aromatic rings. The minimum Gasteiger partial charge on any atom is -0.314 e. The summed E-state index contributed by atoms with van der Waals surface area (Å²) in [5, 5.41) is 3.64. The van der Waals surface area contributed by atoms with Crippen molar-refractivity contribution < 1.29 is 0 Å². The van der Waals surface area contributed by atoms with E-state index in [0.717, 1.165) is 19.4 Å². The predicted molar refractivity (Wildman–Crippen MR) is 79.4 cm³/mol. The molecule has 0 fully saturated rings. The predicted octanol–water partition coefficient (Wildman–Crippen LogP) is 3.09. The number of hydrogen-bond acceptors (Lipinski definition) is 3. The van der Waals surface area contributed by atoms with Crippen LogP contribution in [-0.2, 0) is 12.8 Å². The second-order valence-corrected chi connectivity index (χ2v) is 6.05. The fraction of sp³-hybridized carbons (Fsp3) is 0.750. The Morgan fingerprint density at radius 3 is 2.68 bits per heavy atom. The maximum absolute atomic E-state index is 4.65. The van der Waals surface area contributed by atoms with Crippen LogP contribution in [-0.4, -0.2) is 22.6 Å². The van der Waals surface area contributed by atoms with Gasteiger partial charge in [0.05, 0.1) is 5.69 Å². The summed E-state index contributed by atoms with van der Waals surface area (Å²) in [5.41, 5.74) is 4.03. The summed E-state index contributed by atoms with van der Waals surface area (Å²) < 4.78 is 0. The minimum atomic E-state index is 0.472. The van der Waals surface area contributed by atoms with Gasteiger partial charge in [0.2, 0.25) is 0 Å². The molecule has 0 aromatic carbocycles. The number of aromatic nitrogens is 2. The van der Waals surface area contributed by atoms with E-state index in [2.05, 4.69) is 43.0 Å². The molecule has 0 radical (unpaired) electrons. The van der Waals surface area contributed by atoms with E-state index in [9.17, 15) is 0 Å². The van der Waals surface area contributed by atoms with Crippen molar-refractivity contribution in [3.05, 3.63) is 23.3 Å². The van der Waals surface area contributed by atoms with Crippen molar-refractivity contribution in [2.75, 3.05) is 6.54 Å². The molecule has 0 aliphatic heterocycles. The number of fused-ring (bicyclic) bond motifs is 1. The first-order valence-corrected chi connectivity index (χ1v) is 7.71.